The van der Waals surface area contributed by atoms with Gasteiger partial charge in [-0.3, -0.25) is 0 Å². The van der Waals surface area contributed by atoms with Crippen LogP contribution in [0.2, 0.25) is 18.1 Å². The minimum Gasteiger partial charge on any atom is -0.543 e. The molecule has 2 heteroatoms. The Morgan fingerprint density at radius 2 is 2.00 bits per heavy atom. The van der Waals surface area contributed by atoms with Gasteiger partial charge in [-0.1, -0.05) is 45.7 Å². The van der Waals surface area contributed by atoms with Crippen LogP contribution in [0, 0.1) is 12.3 Å². The molecule has 0 atom stereocenters. The second kappa shape index (κ2) is 6.32. The summed E-state index contributed by atoms with van der Waals surface area (Å²) in [6, 6.07) is 8.27. The van der Waals surface area contributed by atoms with Gasteiger partial charge in [0.25, 0.3) is 0 Å². The van der Waals surface area contributed by atoms with Crippen LogP contribution in [0.3, 0.4) is 0 Å². The fourth-order valence-electron chi connectivity index (χ4n) is 1.70. The molecule has 108 valence electrons. The molecule has 0 heterocycles. The fraction of sp³-hybridized carbons (Fsp3) is 0.444. The first-order chi connectivity index (χ1) is 9.21. The van der Waals surface area contributed by atoms with Crippen LogP contribution in [0.4, 0.5) is 0 Å². The second-order valence-electron chi connectivity index (χ2n) is 6.58. The zero-order valence-electron chi connectivity index (χ0n) is 13.6. The maximum absolute atomic E-state index is 6.34. The summed E-state index contributed by atoms with van der Waals surface area (Å²) in [5.74, 6) is 3.56. The topological polar surface area (TPSA) is 9.23 Å². The van der Waals surface area contributed by atoms with E-state index in [1.54, 1.807) is 0 Å². The standard InChI is InChI=1S/C18H26OSi/c1-8-11-15(9-2)16-12-10-13-17(14-16)19-20(6,7)18(3,4)5/h1,10-14H,9H2,2-7H3/b15-11-. The van der Waals surface area contributed by atoms with Gasteiger partial charge in [0.05, 0.1) is 0 Å². The van der Waals surface area contributed by atoms with Crippen molar-refractivity contribution in [2.75, 3.05) is 0 Å². The lowest BCUT2D eigenvalue weighted by Gasteiger charge is -2.36. The number of rotatable bonds is 4. The van der Waals surface area contributed by atoms with E-state index in [4.69, 9.17) is 10.8 Å². The van der Waals surface area contributed by atoms with Crippen LogP contribution in [-0.4, -0.2) is 8.32 Å². The Labute approximate surface area is 125 Å². The molecule has 0 N–H and O–H groups in total. The molecule has 0 aromatic heterocycles. The fourth-order valence-corrected chi connectivity index (χ4v) is 2.72. The summed E-state index contributed by atoms with van der Waals surface area (Å²) >= 11 is 0. The summed E-state index contributed by atoms with van der Waals surface area (Å²) in [4.78, 5) is 0. The molecule has 0 fully saturated rings. The maximum Gasteiger partial charge on any atom is 0.250 e. The average molecular weight is 286 g/mol. The van der Waals surface area contributed by atoms with Gasteiger partial charge in [0, 0.05) is 0 Å². The Bertz CT molecular complexity index is 527. The zero-order chi connectivity index (χ0) is 15.4. The first-order valence-electron chi connectivity index (χ1n) is 7.16. The van der Waals surface area contributed by atoms with Crippen LogP contribution in [-0.2, 0) is 0 Å². The normalized spacial score (nSPS) is 12.9. The summed E-state index contributed by atoms with van der Waals surface area (Å²) in [5, 5.41) is 0.200. The third-order valence-electron chi connectivity index (χ3n) is 4.02. The lowest BCUT2D eigenvalue weighted by Crippen LogP contribution is -2.43. The average Bonchev–Trinajstić information content (AvgIpc) is 2.34. The van der Waals surface area contributed by atoms with Crippen LogP contribution in [0.25, 0.3) is 5.57 Å². The molecule has 0 unspecified atom stereocenters. The molecular weight excluding hydrogens is 260 g/mol. The predicted molar refractivity (Wildman–Crippen MR) is 91.4 cm³/mol. The van der Waals surface area contributed by atoms with Crippen molar-refractivity contribution in [3.63, 3.8) is 0 Å². The molecule has 0 amide bonds. The van der Waals surface area contributed by atoms with E-state index < -0.39 is 8.32 Å². The van der Waals surface area contributed by atoms with Crippen molar-refractivity contribution in [1.82, 2.24) is 0 Å². The molecule has 1 aromatic carbocycles. The summed E-state index contributed by atoms with van der Waals surface area (Å²) in [5.41, 5.74) is 2.33. The minimum atomic E-state index is -1.79. The highest BCUT2D eigenvalue weighted by atomic mass is 28.4. The molecule has 0 bridgehead atoms. The molecule has 20 heavy (non-hydrogen) atoms. The maximum atomic E-state index is 6.34. The van der Waals surface area contributed by atoms with E-state index in [2.05, 4.69) is 58.8 Å². The van der Waals surface area contributed by atoms with Crippen LogP contribution in [0.5, 0.6) is 5.75 Å². The Balaban J connectivity index is 3.07. The molecular formula is C18H26OSi. The van der Waals surface area contributed by atoms with E-state index in [1.165, 1.54) is 5.57 Å². The summed E-state index contributed by atoms with van der Waals surface area (Å²) in [6.45, 7) is 13.4. The molecule has 1 rings (SSSR count). The van der Waals surface area contributed by atoms with Crippen molar-refractivity contribution < 1.29 is 4.43 Å². The highest BCUT2D eigenvalue weighted by molar-refractivity contribution is 6.74. The van der Waals surface area contributed by atoms with Crippen LogP contribution in [0.1, 0.15) is 39.7 Å². The van der Waals surface area contributed by atoms with E-state index in [0.717, 1.165) is 17.7 Å². The van der Waals surface area contributed by atoms with E-state index in [0.29, 0.717) is 0 Å². The number of allylic oxidation sites excluding steroid dienone is 2. The molecule has 0 spiro atoms. The SMILES string of the molecule is C#C/C=C(/CC)c1cccc(O[Si](C)(C)C(C)(C)C)c1. The lowest BCUT2D eigenvalue weighted by atomic mass is 10.0. The highest BCUT2D eigenvalue weighted by Crippen LogP contribution is 2.37. The Morgan fingerprint density at radius 1 is 1.35 bits per heavy atom. The Morgan fingerprint density at radius 3 is 2.50 bits per heavy atom. The minimum absolute atomic E-state index is 0.200. The summed E-state index contributed by atoms with van der Waals surface area (Å²) in [6.07, 6.45) is 8.15. The molecule has 0 saturated carbocycles. The predicted octanol–water partition coefficient (Wildman–Crippen LogP) is 5.50. The van der Waals surface area contributed by atoms with Gasteiger partial charge in [0.1, 0.15) is 5.75 Å². The molecule has 0 aliphatic heterocycles. The third kappa shape index (κ3) is 4.01. The first kappa shape index (κ1) is 16.6. The van der Waals surface area contributed by atoms with Crippen molar-refractivity contribution in [3.8, 4) is 18.1 Å². The van der Waals surface area contributed by atoms with Crippen LogP contribution < -0.4 is 4.43 Å². The van der Waals surface area contributed by atoms with Crippen LogP contribution in [0.15, 0.2) is 30.3 Å². The largest absolute Gasteiger partial charge is 0.543 e. The van der Waals surface area contributed by atoms with E-state index in [-0.39, 0.29) is 5.04 Å². The Kier molecular flexibility index (Phi) is 5.25. The molecule has 1 aromatic rings. The second-order valence-corrected chi connectivity index (χ2v) is 11.3. The van der Waals surface area contributed by atoms with Crippen LogP contribution >= 0.6 is 0 Å². The monoisotopic (exact) mass is 286 g/mol. The van der Waals surface area contributed by atoms with Gasteiger partial charge in [0.15, 0.2) is 0 Å². The van der Waals surface area contributed by atoms with Crippen molar-refractivity contribution in [1.29, 1.82) is 0 Å². The quantitative estimate of drug-likeness (QED) is 0.525. The number of terminal acetylenes is 1. The molecule has 0 saturated heterocycles. The number of hydrogen-bond acceptors (Lipinski definition) is 1. The van der Waals surface area contributed by atoms with Gasteiger partial charge in [-0.25, -0.2) is 0 Å². The molecule has 0 aliphatic carbocycles. The molecule has 0 aliphatic rings. The molecule has 0 radical (unpaired) electrons. The van der Waals surface area contributed by atoms with E-state index >= 15 is 0 Å². The van der Waals surface area contributed by atoms with Crippen molar-refractivity contribution in [3.05, 3.63) is 35.9 Å². The zero-order valence-corrected chi connectivity index (χ0v) is 14.6. The van der Waals surface area contributed by atoms with Gasteiger partial charge < -0.3 is 4.43 Å². The molecule has 1 nitrogen and oxygen atoms in total. The lowest BCUT2D eigenvalue weighted by molar-refractivity contribution is 0.492. The van der Waals surface area contributed by atoms with Gasteiger partial charge in [-0.05, 0) is 53.9 Å². The number of benzene rings is 1. The van der Waals surface area contributed by atoms with Gasteiger partial charge >= 0.3 is 0 Å². The highest BCUT2D eigenvalue weighted by Gasteiger charge is 2.38. The van der Waals surface area contributed by atoms with Crippen molar-refractivity contribution in [2.24, 2.45) is 0 Å². The van der Waals surface area contributed by atoms with Crippen molar-refractivity contribution in [2.45, 2.75) is 52.2 Å². The van der Waals surface area contributed by atoms with Gasteiger partial charge in [-0.2, -0.15) is 0 Å². The van der Waals surface area contributed by atoms with Gasteiger partial charge in [-0.15, -0.1) is 6.42 Å². The Hall–Kier alpha value is -1.46. The van der Waals surface area contributed by atoms with E-state index in [9.17, 15) is 0 Å². The first-order valence-corrected chi connectivity index (χ1v) is 10.1. The smallest absolute Gasteiger partial charge is 0.250 e. The number of hydrogen-bond donors (Lipinski definition) is 0. The summed E-state index contributed by atoms with van der Waals surface area (Å²) in [7, 11) is -1.79. The summed E-state index contributed by atoms with van der Waals surface area (Å²) < 4.78 is 6.34. The van der Waals surface area contributed by atoms with Crippen molar-refractivity contribution >= 4 is 13.9 Å². The van der Waals surface area contributed by atoms with E-state index in [1.807, 2.05) is 18.2 Å². The van der Waals surface area contributed by atoms with Gasteiger partial charge in [0.2, 0.25) is 8.32 Å². The third-order valence-corrected chi connectivity index (χ3v) is 8.38.